The highest BCUT2D eigenvalue weighted by atomic mass is 32.2. The second-order valence-corrected chi connectivity index (χ2v) is 4.85. The van der Waals surface area contributed by atoms with Crippen LogP contribution in [0.25, 0.3) is 0 Å². The van der Waals surface area contributed by atoms with Crippen LogP contribution in [0.15, 0.2) is 33.6 Å². The van der Waals surface area contributed by atoms with E-state index in [1.54, 1.807) is 18.2 Å². The van der Waals surface area contributed by atoms with Gasteiger partial charge in [0.25, 0.3) is 10.0 Å². The van der Waals surface area contributed by atoms with E-state index in [4.69, 9.17) is 5.84 Å². The maximum atomic E-state index is 11.6. The highest BCUT2D eigenvalue weighted by Crippen LogP contribution is 2.26. The van der Waals surface area contributed by atoms with Gasteiger partial charge in [-0.15, -0.1) is 4.40 Å². The fourth-order valence-electron chi connectivity index (χ4n) is 1.41. The molecule has 2 rings (SSSR count). The summed E-state index contributed by atoms with van der Waals surface area (Å²) in [6, 6.07) is 6.23. The minimum atomic E-state index is -3.72. The van der Waals surface area contributed by atoms with E-state index >= 15 is 0 Å². The van der Waals surface area contributed by atoms with Gasteiger partial charge < -0.3 is 0 Å². The van der Waals surface area contributed by atoms with E-state index in [0.29, 0.717) is 5.56 Å². The van der Waals surface area contributed by atoms with E-state index in [-0.39, 0.29) is 10.7 Å². The molecule has 2 N–H and O–H groups in total. The van der Waals surface area contributed by atoms with Crippen molar-refractivity contribution in [1.82, 2.24) is 5.01 Å². The molecule has 0 unspecified atom stereocenters. The average molecular weight is 239 g/mol. The Balaban J connectivity index is 2.64. The van der Waals surface area contributed by atoms with Crippen LogP contribution in [0.1, 0.15) is 12.5 Å². The molecule has 1 heterocycles. The monoisotopic (exact) mass is 239 g/mol. The molecule has 84 valence electrons. The Bertz CT molecular complexity index is 592. The average Bonchev–Trinajstić information content (AvgIpc) is 2.51. The van der Waals surface area contributed by atoms with Crippen LogP contribution in [-0.4, -0.2) is 25.2 Å². The van der Waals surface area contributed by atoms with Crippen molar-refractivity contribution in [3.05, 3.63) is 29.8 Å². The first-order valence-electron chi connectivity index (χ1n) is 4.43. The highest BCUT2D eigenvalue weighted by molar-refractivity contribution is 7.90. The van der Waals surface area contributed by atoms with E-state index in [9.17, 15) is 13.2 Å². The van der Waals surface area contributed by atoms with Crippen molar-refractivity contribution in [2.75, 3.05) is 0 Å². The second kappa shape index (κ2) is 3.39. The third kappa shape index (κ3) is 1.50. The van der Waals surface area contributed by atoms with Crippen LogP contribution in [0.3, 0.4) is 0 Å². The van der Waals surface area contributed by atoms with Gasteiger partial charge in [0.2, 0.25) is 5.91 Å². The van der Waals surface area contributed by atoms with E-state index in [0.717, 1.165) is 5.01 Å². The number of carbonyl (C=O) groups excluding carboxylic acids is 1. The number of carbonyl (C=O) groups is 1. The number of fused-ring (bicyclic) bond motifs is 1. The molecule has 0 aromatic heterocycles. The van der Waals surface area contributed by atoms with Gasteiger partial charge in [0.15, 0.2) is 5.84 Å². The number of rotatable bonds is 0. The molecule has 0 saturated carbocycles. The molecule has 0 atom stereocenters. The summed E-state index contributed by atoms with van der Waals surface area (Å²) in [5.74, 6) is 4.93. The fraction of sp³-hybridized carbons (Fsp3) is 0.111. The molecule has 0 saturated heterocycles. The van der Waals surface area contributed by atoms with Crippen molar-refractivity contribution in [3.63, 3.8) is 0 Å². The maximum Gasteiger partial charge on any atom is 0.285 e. The lowest BCUT2D eigenvalue weighted by atomic mass is 10.2. The summed E-state index contributed by atoms with van der Waals surface area (Å²) >= 11 is 0. The molecule has 1 aliphatic rings. The van der Waals surface area contributed by atoms with Crippen molar-refractivity contribution in [2.24, 2.45) is 10.2 Å². The first kappa shape index (κ1) is 10.8. The van der Waals surface area contributed by atoms with Gasteiger partial charge >= 0.3 is 0 Å². The summed E-state index contributed by atoms with van der Waals surface area (Å²) in [5.41, 5.74) is 0.347. The molecule has 0 fully saturated rings. The van der Waals surface area contributed by atoms with Crippen LogP contribution in [0.2, 0.25) is 0 Å². The Labute approximate surface area is 92.4 Å². The van der Waals surface area contributed by atoms with Crippen LogP contribution in [0, 0.1) is 0 Å². The molecular weight excluding hydrogens is 230 g/mol. The standard InChI is InChI=1S/C9H9N3O3S/c1-6(13)12(10)9-7-4-2-3-5-8(7)16(14,15)11-9/h2-5H,10H2,1H3. The molecule has 1 aromatic rings. The Morgan fingerprint density at radius 1 is 1.38 bits per heavy atom. The van der Waals surface area contributed by atoms with E-state index in [1.165, 1.54) is 13.0 Å². The van der Waals surface area contributed by atoms with Gasteiger partial charge in [0.1, 0.15) is 4.90 Å². The number of amides is 1. The Morgan fingerprint density at radius 3 is 2.62 bits per heavy atom. The van der Waals surface area contributed by atoms with Crippen molar-refractivity contribution in [1.29, 1.82) is 0 Å². The van der Waals surface area contributed by atoms with Crippen LogP contribution in [-0.2, 0) is 14.8 Å². The largest absolute Gasteiger partial charge is 0.285 e. The fourth-order valence-corrected chi connectivity index (χ4v) is 2.61. The van der Waals surface area contributed by atoms with Crippen molar-refractivity contribution >= 4 is 21.8 Å². The molecule has 1 aromatic carbocycles. The van der Waals surface area contributed by atoms with E-state index in [1.807, 2.05) is 0 Å². The van der Waals surface area contributed by atoms with Crippen LogP contribution in [0.5, 0.6) is 0 Å². The van der Waals surface area contributed by atoms with Gasteiger partial charge in [-0.2, -0.15) is 8.42 Å². The zero-order chi connectivity index (χ0) is 11.9. The smallest absolute Gasteiger partial charge is 0.273 e. The van der Waals surface area contributed by atoms with E-state index in [2.05, 4.69) is 4.40 Å². The number of hydrazine groups is 1. The molecule has 0 radical (unpaired) electrons. The Morgan fingerprint density at radius 2 is 2.00 bits per heavy atom. The lowest BCUT2D eigenvalue weighted by Crippen LogP contribution is -2.41. The van der Waals surface area contributed by atoms with Gasteiger partial charge in [-0.05, 0) is 12.1 Å². The summed E-state index contributed by atoms with van der Waals surface area (Å²) in [5, 5.41) is 0.726. The molecule has 7 heteroatoms. The predicted molar refractivity (Wildman–Crippen MR) is 56.9 cm³/mol. The molecular formula is C9H9N3O3S. The molecule has 16 heavy (non-hydrogen) atoms. The van der Waals surface area contributed by atoms with E-state index < -0.39 is 15.9 Å². The lowest BCUT2D eigenvalue weighted by molar-refractivity contribution is -0.125. The molecule has 0 spiro atoms. The van der Waals surface area contributed by atoms with Crippen molar-refractivity contribution in [3.8, 4) is 0 Å². The molecule has 1 amide bonds. The van der Waals surface area contributed by atoms with Gasteiger partial charge in [-0.25, -0.2) is 10.9 Å². The summed E-state index contributed by atoms with van der Waals surface area (Å²) in [7, 11) is -3.72. The van der Waals surface area contributed by atoms with Crippen LogP contribution in [0.4, 0.5) is 0 Å². The maximum absolute atomic E-state index is 11.6. The summed E-state index contributed by atoms with van der Waals surface area (Å²) in [4.78, 5) is 11.1. The minimum Gasteiger partial charge on any atom is -0.273 e. The number of hydrogen-bond donors (Lipinski definition) is 1. The molecule has 0 aliphatic carbocycles. The first-order valence-corrected chi connectivity index (χ1v) is 5.87. The number of nitrogens with two attached hydrogens (primary N) is 1. The lowest BCUT2D eigenvalue weighted by Gasteiger charge is -2.13. The topological polar surface area (TPSA) is 92.8 Å². The summed E-state index contributed by atoms with van der Waals surface area (Å²) in [6.45, 7) is 1.23. The minimum absolute atomic E-state index is 0.0388. The zero-order valence-corrected chi connectivity index (χ0v) is 9.23. The molecule has 1 aliphatic heterocycles. The van der Waals surface area contributed by atoms with Gasteiger partial charge in [-0.3, -0.25) is 4.79 Å². The zero-order valence-electron chi connectivity index (χ0n) is 8.41. The number of hydrogen-bond acceptors (Lipinski definition) is 4. The van der Waals surface area contributed by atoms with Gasteiger partial charge in [0, 0.05) is 12.5 Å². The molecule has 0 bridgehead atoms. The molecule has 6 nitrogen and oxygen atoms in total. The highest BCUT2D eigenvalue weighted by Gasteiger charge is 2.31. The number of amidine groups is 1. The van der Waals surface area contributed by atoms with Crippen molar-refractivity contribution in [2.45, 2.75) is 11.8 Å². The predicted octanol–water partition coefficient (Wildman–Crippen LogP) is -0.142. The quantitative estimate of drug-likeness (QED) is 0.387. The Kier molecular flexibility index (Phi) is 2.28. The second-order valence-electron chi connectivity index (χ2n) is 3.28. The van der Waals surface area contributed by atoms with Crippen molar-refractivity contribution < 1.29 is 13.2 Å². The normalized spacial score (nSPS) is 16.5. The van der Waals surface area contributed by atoms with Gasteiger partial charge in [0.05, 0.1) is 0 Å². The van der Waals surface area contributed by atoms with Gasteiger partial charge in [-0.1, -0.05) is 12.1 Å². The number of nitrogens with zero attached hydrogens (tertiary/aromatic N) is 2. The third-order valence-corrected chi connectivity index (χ3v) is 3.51. The SMILES string of the molecule is CC(=O)N(N)C1=NS(=O)(=O)c2ccccc21. The number of benzene rings is 1. The first-order chi connectivity index (χ1) is 7.43. The Hall–Kier alpha value is -1.73. The number of sulfonamides is 1. The van der Waals surface area contributed by atoms with Crippen LogP contribution < -0.4 is 5.84 Å². The van der Waals surface area contributed by atoms with Crippen LogP contribution >= 0.6 is 0 Å². The third-order valence-electron chi connectivity index (χ3n) is 2.18. The summed E-state index contributed by atoms with van der Waals surface area (Å²) < 4.78 is 26.7. The summed E-state index contributed by atoms with van der Waals surface area (Å²) in [6.07, 6.45) is 0.